The molecule has 2 atom stereocenters. The molecule has 166 valence electrons. The third-order valence-corrected chi connectivity index (χ3v) is 5.78. The molecule has 7 heteroatoms. The van der Waals surface area contributed by atoms with E-state index >= 15 is 0 Å². The van der Waals surface area contributed by atoms with Gasteiger partial charge in [-0.05, 0) is 59.5 Å². The van der Waals surface area contributed by atoms with E-state index in [-0.39, 0.29) is 5.75 Å². The molecular weight excluding hydrogens is 437 g/mol. The molecule has 1 aliphatic rings. The van der Waals surface area contributed by atoms with E-state index < -0.39 is 23.9 Å². The number of aryl methyl sites for hydroxylation is 1. The second-order valence-corrected chi connectivity index (χ2v) is 8.11. The van der Waals surface area contributed by atoms with Crippen LogP contribution >= 0.6 is 11.6 Å². The highest BCUT2D eigenvalue weighted by molar-refractivity contribution is 6.30. The van der Waals surface area contributed by atoms with Crippen molar-refractivity contribution in [1.29, 1.82) is 0 Å². The predicted molar refractivity (Wildman–Crippen MR) is 120 cm³/mol. The Hall–Kier alpha value is -2.96. The van der Waals surface area contributed by atoms with Crippen LogP contribution in [0, 0.1) is 0 Å². The molecule has 0 amide bonds. The minimum Gasteiger partial charge on any atom is -0.508 e. The van der Waals surface area contributed by atoms with Gasteiger partial charge in [0, 0.05) is 16.3 Å². The van der Waals surface area contributed by atoms with Crippen LogP contribution in [-0.2, 0) is 12.6 Å². The molecule has 1 heterocycles. The van der Waals surface area contributed by atoms with Crippen LogP contribution in [0.2, 0.25) is 5.02 Å². The first-order valence-electron chi connectivity index (χ1n) is 10.2. The van der Waals surface area contributed by atoms with Crippen molar-refractivity contribution in [2.45, 2.75) is 31.7 Å². The van der Waals surface area contributed by atoms with Crippen molar-refractivity contribution in [3.8, 4) is 5.75 Å². The Bertz CT molecular complexity index is 1130. The fourth-order valence-corrected chi connectivity index (χ4v) is 3.92. The molecular formula is C25H22ClF3N2O. The minimum absolute atomic E-state index is 0.0805. The Morgan fingerprint density at radius 3 is 2.28 bits per heavy atom. The van der Waals surface area contributed by atoms with Gasteiger partial charge in [0.15, 0.2) is 0 Å². The van der Waals surface area contributed by atoms with Crippen LogP contribution in [0.3, 0.4) is 0 Å². The molecule has 0 spiro atoms. The van der Waals surface area contributed by atoms with Crippen LogP contribution < -0.4 is 10.6 Å². The molecule has 0 bridgehead atoms. The van der Waals surface area contributed by atoms with Gasteiger partial charge in [-0.3, -0.25) is 5.32 Å². The van der Waals surface area contributed by atoms with E-state index in [0.717, 1.165) is 29.8 Å². The van der Waals surface area contributed by atoms with Crippen LogP contribution in [0.4, 0.5) is 13.2 Å². The summed E-state index contributed by atoms with van der Waals surface area (Å²) in [6, 6.07) is 17.5. The third kappa shape index (κ3) is 4.76. The van der Waals surface area contributed by atoms with Crippen molar-refractivity contribution in [3.05, 3.63) is 106 Å². The molecule has 3 aromatic rings. The fourth-order valence-electron chi connectivity index (χ4n) is 3.74. The summed E-state index contributed by atoms with van der Waals surface area (Å²) in [7, 11) is 0. The summed E-state index contributed by atoms with van der Waals surface area (Å²) in [6.45, 7) is 2.08. The number of hydrogen-bond donors (Lipinski definition) is 3. The van der Waals surface area contributed by atoms with Gasteiger partial charge in [-0.1, -0.05) is 54.9 Å². The van der Waals surface area contributed by atoms with Crippen molar-refractivity contribution in [3.63, 3.8) is 0 Å². The van der Waals surface area contributed by atoms with Crippen molar-refractivity contribution in [1.82, 2.24) is 10.6 Å². The molecule has 0 saturated heterocycles. The lowest BCUT2D eigenvalue weighted by atomic mass is 9.97. The van der Waals surface area contributed by atoms with Gasteiger partial charge >= 0.3 is 6.18 Å². The Morgan fingerprint density at radius 2 is 1.66 bits per heavy atom. The van der Waals surface area contributed by atoms with E-state index in [4.69, 9.17) is 11.6 Å². The zero-order valence-corrected chi connectivity index (χ0v) is 18.0. The van der Waals surface area contributed by atoms with Gasteiger partial charge in [-0.25, -0.2) is 0 Å². The van der Waals surface area contributed by atoms with Crippen LogP contribution in [0.25, 0.3) is 5.70 Å². The summed E-state index contributed by atoms with van der Waals surface area (Å²) < 4.78 is 39.0. The van der Waals surface area contributed by atoms with E-state index in [9.17, 15) is 18.3 Å². The fraction of sp³-hybridized carbons (Fsp3) is 0.200. The molecule has 0 fully saturated rings. The highest BCUT2D eigenvalue weighted by Gasteiger charge is 2.31. The highest BCUT2D eigenvalue weighted by Crippen LogP contribution is 2.35. The number of benzene rings is 3. The first-order valence-corrected chi connectivity index (χ1v) is 10.6. The lowest BCUT2D eigenvalue weighted by Gasteiger charge is -2.33. The van der Waals surface area contributed by atoms with Crippen LogP contribution in [0.1, 0.15) is 46.9 Å². The SMILES string of the molecule is CCc1ccc(C2=CC(c3cc(Cl)ccc3O)NC(c3ccc(C(F)(F)F)cc3)N2)cc1. The number of phenolic OH excluding ortho intramolecular Hbond substituents is 1. The van der Waals surface area contributed by atoms with Gasteiger partial charge in [-0.15, -0.1) is 0 Å². The second kappa shape index (κ2) is 8.88. The lowest BCUT2D eigenvalue weighted by Crippen LogP contribution is -2.39. The number of nitrogens with one attached hydrogen (secondary N) is 2. The molecule has 1 aliphatic heterocycles. The van der Waals surface area contributed by atoms with E-state index in [1.165, 1.54) is 23.8 Å². The minimum atomic E-state index is -4.40. The molecule has 0 radical (unpaired) electrons. The van der Waals surface area contributed by atoms with Crippen LogP contribution in [0.15, 0.2) is 72.8 Å². The van der Waals surface area contributed by atoms with Crippen LogP contribution in [0.5, 0.6) is 5.75 Å². The maximum absolute atomic E-state index is 13.0. The monoisotopic (exact) mass is 458 g/mol. The van der Waals surface area contributed by atoms with Crippen LogP contribution in [-0.4, -0.2) is 5.11 Å². The van der Waals surface area contributed by atoms with Crippen molar-refractivity contribution < 1.29 is 18.3 Å². The second-order valence-electron chi connectivity index (χ2n) is 7.68. The normalized spacial score (nSPS) is 18.7. The quantitative estimate of drug-likeness (QED) is 0.412. The van der Waals surface area contributed by atoms with E-state index in [1.54, 1.807) is 12.1 Å². The van der Waals surface area contributed by atoms with E-state index in [2.05, 4.69) is 17.6 Å². The summed E-state index contributed by atoms with van der Waals surface area (Å²) in [5.74, 6) is 0.0805. The third-order valence-electron chi connectivity index (χ3n) is 5.55. The number of alkyl halides is 3. The zero-order chi connectivity index (χ0) is 22.9. The topological polar surface area (TPSA) is 44.3 Å². The Kier molecular flexibility index (Phi) is 6.17. The average molecular weight is 459 g/mol. The van der Waals surface area contributed by atoms with Gasteiger partial charge in [0.1, 0.15) is 11.9 Å². The molecule has 3 aromatic carbocycles. The van der Waals surface area contributed by atoms with Gasteiger partial charge in [0.2, 0.25) is 0 Å². The Balaban J connectivity index is 1.73. The standard InChI is InChI=1S/C25H22ClF3N2O/c1-2-15-3-5-16(6-4-15)21-14-22(20-13-19(26)11-12-23(20)32)31-24(30-21)17-7-9-18(10-8-17)25(27,28)29/h3-14,22,24,30-32H,2H2,1H3. The molecule has 0 saturated carbocycles. The molecule has 4 rings (SSSR count). The maximum Gasteiger partial charge on any atom is 0.416 e. The number of rotatable bonds is 4. The molecule has 3 nitrogen and oxygen atoms in total. The zero-order valence-electron chi connectivity index (χ0n) is 17.2. The first kappa shape index (κ1) is 22.2. The molecule has 0 aromatic heterocycles. The lowest BCUT2D eigenvalue weighted by molar-refractivity contribution is -0.137. The van der Waals surface area contributed by atoms with Crippen molar-refractivity contribution in [2.75, 3.05) is 0 Å². The summed E-state index contributed by atoms with van der Waals surface area (Å²) in [5, 5.41) is 17.6. The van der Waals surface area contributed by atoms with E-state index in [1.807, 2.05) is 30.3 Å². The number of aromatic hydroxyl groups is 1. The first-order chi connectivity index (χ1) is 15.2. The number of halogens is 4. The van der Waals surface area contributed by atoms with Gasteiger partial charge in [0.25, 0.3) is 0 Å². The predicted octanol–water partition coefficient (Wildman–Crippen LogP) is 6.60. The van der Waals surface area contributed by atoms with E-state index in [0.29, 0.717) is 16.1 Å². The summed E-state index contributed by atoms with van der Waals surface area (Å²) in [6.07, 6.45) is -2.02. The molecule has 32 heavy (non-hydrogen) atoms. The molecule has 3 N–H and O–H groups in total. The van der Waals surface area contributed by atoms with Gasteiger partial charge in [0.05, 0.1) is 11.6 Å². The van der Waals surface area contributed by atoms with Crippen molar-refractivity contribution in [2.24, 2.45) is 0 Å². The number of phenols is 1. The van der Waals surface area contributed by atoms with Gasteiger partial charge < -0.3 is 10.4 Å². The smallest absolute Gasteiger partial charge is 0.416 e. The summed E-state index contributed by atoms with van der Waals surface area (Å²) in [4.78, 5) is 0. The summed E-state index contributed by atoms with van der Waals surface area (Å²) >= 11 is 6.15. The average Bonchev–Trinajstić information content (AvgIpc) is 2.80. The molecule has 0 aliphatic carbocycles. The van der Waals surface area contributed by atoms with Gasteiger partial charge in [-0.2, -0.15) is 13.2 Å². The van der Waals surface area contributed by atoms with Crippen molar-refractivity contribution >= 4 is 17.3 Å². The largest absolute Gasteiger partial charge is 0.508 e. The Morgan fingerprint density at radius 1 is 0.969 bits per heavy atom. The Labute approximate surface area is 189 Å². The maximum atomic E-state index is 13.0. The molecule has 2 unspecified atom stereocenters. The summed E-state index contributed by atoms with van der Waals surface area (Å²) in [5.41, 5.74) is 3.46. The highest BCUT2D eigenvalue weighted by atomic mass is 35.5. The number of hydrogen-bond acceptors (Lipinski definition) is 3.